The van der Waals surface area contributed by atoms with Gasteiger partial charge in [0.1, 0.15) is 0 Å². The Morgan fingerprint density at radius 2 is 2.05 bits per heavy atom. The van der Waals surface area contributed by atoms with E-state index in [0.717, 1.165) is 38.0 Å². The molecule has 1 spiro atoms. The molecule has 1 aromatic rings. The van der Waals surface area contributed by atoms with Gasteiger partial charge in [-0.05, 0) is 48.8 Å². The van der Waals surface area contributed by atoms with Crippen molar-refractivity contribution in [1.82, 2.24) is 15.6 Å². The Kier molecular flexibility index (Phi) is 3.87. The highest BCUT2D eigenvalue weighted by molar-refractivity contribution is 5.74. The summed E-state index contributed by atoms with van der Waals surface area (Å²) in [5.41, 5.74) is 1.36. The monoisotopic (exact) mass is 275 g/mol. The maximum atomic E-state index is 12.0. The number of ether oxygens (including phenoxy) is 1. The maximum Gasteiger partial charge on any atom is 0.315 e. The van der Waals surface area contributed by atoms with E-state index in [0.29, 0.717) is 18.0 Å². The molecule has 0 aromatic carbocycles. The number of hydrogen-bond acceptors (Lipinski definition) is 3. The van der Waals surface area contributed by atoms with Crippen LogP contribution in [0.2, 0.25) is 0 Å². The molecule has 108 valence electrons. The van der Waals surface area contributed by atoms with E-state index in [-0.39, 0.29) is 6.03 Å². The van der Waals surface area contributed by atoms with Crippen molar-refractivity contribution in [3.63, 3.8) is 0 Å². The van der Waals surface area contributed by atoms with Crippen molar-refractivity contribution in [2.24, 2.45) is 5.41 Å². The average Bonchev–Trinajstić information content (AvgIpc) is 2.51. The Labute approximate surface area is 119 Å². The van der Waals surface area contributed by atoms with E-state index in [1.165, 1.54) is 6.42 Å². The van der Waals surface area contributed by atoms with Crippen molar-refractivity contribution < 1.29 is 9.53 Å². The lowest BCUT2D eigenvalue weighted by atomic mass is 9.60. The number of aromatic nitrogens is 1. The van der Waals surface area contributed by atoms with Crippen LogP contribution >= 0.6 is 0 Å². The molecule has 0 radical (unpaired) electrons. The van der Waals surface area contributed by atoms with Crippen molar-refractivity contribution in [2.45, 2.75) is 38.3 Å². The number of carbonyl (C=O) groups excluding carboxylic acids is 1. The fourth-order valence-corrected chi connectivity index (χ4v) is 3.19. The minimum absolute atomic E-state index is 0.0719. The van der Waals surface area contributed by atoms with Gasteiger partial charge in [-0.25, -0.2) is 4.79 Å². The molecule has 5 heteroatoms. The van der Waals surface area contributed by atoms with Gasteiger partial charge in [-0.1, -0.05) is 0 Å². The molecular weight excluding hydrogens is 254 g/mol. The van der Waals surface area contributed by atoms with Gasteiger partial charge < -0.3 is 15.4 Å². The second-order valence-corrected chi connectivity index (χ2v) is 5.75. The number of nitrogens with one attached hydrogen (secondary N) is 2. The first-order chi connectivity index (χ1) is 9.78. The molecule has 2 fully saturated rings. The number of carbonyl (C=O) groups is 1. The zero-order chi connectivity index (χ0) is 13.8. The van der Waals surface area contributed by atoms with Gasteiger partial charge >= 0.3 is 6.03 Å². The zero-order valence-electron chi connectivity index (χ0n) is 11.6. The second-order valence-electron chi connectivity index (χ2n) is 5.75. The van der Waals surface area contributed by atoms with Gasteiger partial charge in [0.05, 0.1) is 0 Å². The smallest absolute Gasteiger partial charge is 0.315 e. The van der Waals surface area contributed by atoms with Crippen LogP contribution in [0.15, 0.2) is 24.5 Å². The number of nitrogens with zero attached hydrogens (tertiary/aromatic N) is 1. The lowest BCUT2D eigenvalue weighted by Gasteiger charge is -2.51. The first-order valence-corrected chi connectivity index (χ1v) is 7.30. The van der Waals surface area contributed by atoms with Gasteiger partial charge in [-0.3, -0.25) is 4.98 Å². The Balaban J connectivity index is 1.47. The lowest BCUT2D eigenvalue weighted by Crippen LogP contribution is -2.58. The minimum atomic E-state index is -0.0719. The highest BCUT2D eigenvalue weighted by Gasteiger charge is 2.47. The summed E-state index contributed by atoms with van der Waals surface area (Å²) >= 11 is 0. The van der Waals surface area contributed by atoms with Gasteiger partial charge in [0, 0.05) is 38.2 Å². The third-order valence-electron chi connectivity index (χ3n) is 4.67. The van der Waals surface area contributed by atoms with Crippen LogP contribution in [-0.2, 0) is 11.3 Å². The summed E-state index contributed by atoms with van der Waals surface area (Å²) in [4.78, 5) is 15.9. The molecule has 1 aromatic heterocycles. The summed E-state index contributed by atoms with van der Waals surface area (Å²) in [7, 11) is 0. The second kappa shape index (κ2) is 5.79. The summed E-state index contributed by atoms with van der Waals surface area (Å²) in [6.07, 6.45) is 7.91. The van der Waals surface area contributed by atoms with Crippen molar-refractivity contribution in [1.29, 1.82) is 0 Å². The van der Waals surface area contributed by atoms with Crippen LogP contribution < -0.4 is 10.6 Å². The van der Waals surface area contributed by atoms with Crippen LogP contribution in [0.4, 0.5) is 4.79 Å². The maximum absolute atomic E-state index is 12.0. The highest BCUT2D eigenvalue weighted by atomic mass is 16.5. The molecule has 1 aliphatic carbocycles. The molecule has 1 saturated heterocycles. The largest absolute Gasteiger partial charge is 0.381 e. The van der Waals surface area contributed by atoms with Crippen molar-refractivity contribution in [3.05, 3.63) is 30.1 Å². The first-order valence-electron chi connectivity index (χ1n) is 7.30. The number of urea groups is 1. The molecule has 5 nitrogen and oxygen atoms in total. The molecule has 2 heterocycles. The third kappa shape index (κ3) is 2.77. The fraction of sp³-hybridized carbons (Fsp3) is 0.600. The Bertz CT molecular complexity index is 457. The van der Waals surface area contributed by atoms with Crippen LogP contribution in [0.25, 0.3) is 0 Å². The standard InChI is InChI=1S/C15H21N3O2/c19-14(17-11-12-2-7-16-8-3-12)18-13-1-4-15(13)5-9-20-10-6-15/h2-3,7-8,13H,1,4-6,9-11H2,(H2,17,18,19). The summed E-state index contributed by atoms with van der Waals surface area (Å²) in [6.45, 7) is 2.20. The van der Waals surface area contributed by atoms with Crippen LogP contribution in [0.1, 0.15) is 31.2 Å². The molecule has 2 N–H and O–H groups in total. The van der Waals surface area contributed by atoms with Crippen molar-refractivity contribution in [2.75, 3.05) is 13.2 Å². The predicted octanol–water partition coefficient (Wildman–Crippen LogP) is 1.84. The molecule has 1 aliphatic heterocycles. The van der Waals surface area contributed by atoms with Crippen LogP contribution in [-0.4, -0.2) is 30.3 Å². The van der Waals surface area contributed by atoms with Crippen LogP contribution in [0.3, 0.4) is 0 Å². The van der Waals surface area contributed by atoms with E-state index >= 15 is 0 Å². The normalized spacial score (nSPS) is 23.9. The van der Waals surface area contributed by atoms with Crippen molar-refractivity contribution >= 4 is 6.03 Å². The van der Waals surface area contributed by atoms with E-state index in [9.17, 15) is 4.79 Å². The summed E-state index contributed by atoms with van der Waals surface area (Å²) in [6, 6.07) is 4.05. The van der Waals surface area contributed by atoms with E-state index in [1.54, 1.807) is 12.4 Å². The van der Waals surface area contributed by atoms with Gasteiger partial charge in [0.2, 0.25) is 0 Å². The SMILES string of the molecule is O=C(NCc1ccncc1)NC1CCC12CCOCC2. The van der Waals surface area contributed by atoms with Gasteiger partial charge in [-0.15, -0.1) is 0 Å². The summed E-state index contributed by atoms with van der Waals surface area (Å²) < 4.78 is 5.43. The Hall–Kier alpha value is -1.62. The van der Waals surface area contributed by atoms with E-state index in [1.807, 2.05) is 12.1 Å². The molecular formula is C15H21N3O2. The lowest BCUT2D eigenvalue weighted by molar-refractivity contribution is -0.0511. The highest BCUT2D eigenvalue weighted by Crippen LogP contribution is 2.48. The summed E-state index contributed by atoms with van der Waals surface area (Å²) in [5, 5.41) is 6.04. The third-order valence-corrected chi connectivity index (χ3v) is 4.67. The van der Waals surface area contributed by atoms with Gasteiger partial charge in [0.15, 0.2) is 0 Å². The number of hydrogen-bond donors (Lipinski definition) is 2. The molecule has 20 heavy (non-hydrogen) atoms. The molecule has 2 aliphatic rings. The Morgan fingerprint density at radius 1 is 1.30 bits per heavy atom. The number of amides is 2. The van der Waals surface area contributed by atoms with E-state index in [2.05, 4.69) is 15.6 Å². The molecule has 2 amide bonds. The average molecular weight is 275 g/mol. The van der Waals surface area contributed by atoms with Crippen LogP contribution in [0.5, 0.6) is 0 Å². The zero-order valence-corrected chi connectivity index (χ0v) is 11.6. The van der Waals surface area contributed by atoms with E-state index in [4.69, 9.17) is 4.74 Å². The Morgan fingerprint density at radius 3 is 2.70 bits per heavy atom. The molecule has 0 bridgehead atoms. The first kappa shape index (κ1) is 13.4. The van der Waals surface area contributed by atoms with Gasteiger partial charge in [0.25, 0.3) is 0 Å². The van der Waals surface area contributed by atoms with Crippen LogP contribution in [0, 0.1) is 5.41 Å². The molecule has 1 unspecified atom stereocenters. The fourth-order valence-electron chi connectivity index (χ4n) is 3.19. The molecule has 3 rings (SSSR count). The topological polar surface area (TPSA) is 63.2 Å². The van der Waals surface area contributed by atoms with E-state index < -0.39 is 0 Å². The summed E-state index contributed by atoms with van der Waals surface area (Å²) in [5.74, 6) is 0. The quantitative estimate of drug-likeness (QED) is 0.884. The predicted molar refractivity (Wildman–Crippen MR) is 75.1 cm³/mol. The number of pyridine rings is 1. The van der Waals surface area contributed by atoms with Gasteiger partial charge in [-0.2, -0.15) is 0 Å². The molecule has 1 atom stereocenters. The molecule has 1 saturated carbocycles. The van der Waals surface area contributed by atoms with Crippen molar-refractivity contribution in [3.8, 4) is 0 Å². The minimum Gasteiger partial charge on any atom is -0.381 e. The number of rotatable bonds is 3.